The van der Waals surface area contributed by atoms with Gasteiger partial charge in [-0.25, -0.2) is 0 Å². The van der Waals surface area contributed by atoms with Crippen LogP contribution in [0.3, 0.4) is 0 Å². The molecule has 4 aliphatic rings. The predicted octanol–water partition coefficient (Wildman–Crippen LogP) is 2.47. The Morgan fingerprint density at radius 2 is 1.63 bits per heavy atom. The van der Waals surface area contributed by atoms with Crippen LogP contribution in [0.25, 0.3) is 6.08 Å². The van der Waals surface area contributed by atoms with Crippen molar-refractivity contribution in [3.8, 4) is 5.75 Å². The number of fused-ring (bicyclic) bond motifs is 5. The summed E-state index contributed by atoms with van der Waals surface area (Å²) in [5, 5.41) is 3.99. The summed E-state index contributed by atoms with van der Waals surface area (Å²) in [5.41, 5.74) is 1.15. The lowest BCUT2D eigenvalue weighted by Crippen LogP contribution is -2.71. The van der Waals surface area contributed by atoms with Gasteiger partial charge >= 0.3 is 13.9 Å². The molecule has 0 unspecified atom stereocenters. The van der Waals surface area contributed by atoms with Crippen LogP contribution in [0.5, 0.6) is 5.75 Å². The summed E-state index contributed by atoms with van der Waals surface area (Å²) >= 11 is 0. The molecular formula is C29H33B2F4N7O. The lowest BCUT2D eigenvalue weighted by Gasteiger charge is -2.42. The lowest BCUT2D eigenvalue weighted by molar-refractivity contribution is -0.533. The van der Waals surface area contributed by atoms with E-state index in [1.165, 1.54) is 18.2 Å². The number of nitrogens with zero attached hydrogens (tertiary/aromatic N) is 6. The van der Waals surface area contributed by atoms with Gasteiger partial charge in [0.05, 0.1) is 25.5 Å². The number of aromatic nitrogens is 1. The van der Waals surface area contributed by atoms with Crippen molar-refractivity contribution >= 4 is 37.3 Å². The summed E-state index contributed by atoms with van der Waals surface area (Å²) < 4.78 is 71.1. The van der Waals surface area contributed by atoms with Crippen molar-refractivity contribution in [3.05, 3.63) is 89.2 Å². The maximum Gasteiger partial charge on any atom is 0.816 e. The normalized spacial score (nSPS) is 19.7. The summed E-state index contributed by atoms with van der Waals surface area (Å²) in [4.78, 5) is 5.63. The number of rotatable bonds is 8. The molecule has 1 aromatic heterocycles. The first-order chi connectivity index (χ1) is 20.8. The Hall–Kier alpha value is -4.19. The highest BCUT2D eigenvalue weighted by atomic mass is 19.3. The van der Waals surface area contributed by atoms with E-state index < -0.39 is 13.9 Å². The van der Waals surface area contributed by atoms with Gasteiger partial charge in [-0.1, -0.05) is 24.3 Å². The van der Waals surface area contributed by atoms with Crippen LogP contribution in [0.1, 0.15) is 12.8 Å². The fraction of sp³-hybridized carbons (Fsp3) is 0.310. The largest absolute Gasteiger partial charge is 0.816 e. The van der Waals surface area contributed by atoms with E-state index in [2.05, 4.69) is 21.2 Å². The molecule has 3 aromatic rings. The molecule has 1 N–H and O–H groups in total. The van der Waals surface area contributed by atoms with Crippen LogP contribution in [0.2, 0.25) is 0 Å². The van der Waals surface area contributed by atoms with Crippen molar-refractivity contribution < 1.29 is 26.5 Å². The lowest BCUT2D eigenvalue weighted by atomic mass is 9.90. The van der Waals surface area contributed by atoms with Crippen molar-refractivity contribution in [3.63, 3.8) is 0 Å². The molecule has 14 heteroatoms. The van der Waals surface area contributed by atoms with Gasteiger partial charge in [-0.2, -0.15) is 0 Å². The Labute approximate surface area is 247 Å². The molecule has 1 saturated heterocycles. The van der Waals surface area contributed by atoms with E-state index in [1.807, 2.05) is 18.2 Å². The van der Waals surface area contributed by atoms with Crippen LogP contribution in [-0.2, 0) is 0 Å². The zero-order chi connectivity index (χ0) is 29.8. The fourth-order valence-electron chi connectivity index (χ4n) is 6.69. The van der Waals surface area contributed by atoms with E-state index in [0.29, 0.717) is 27.0 Å². The number of benzene rings is 2. The van der Waals surface area contributed by atoms with E-state index in [1.54, 1.807) is 37.4 Å². The predicted molar refractivity (Wildman–Crippen MR) is 161 cm³/mol. The van der Waals surface area contributed by atoms with Crippen molar-refractivity contribution in [1.29, 1.82) is 0 Å². The van der Waals surface area contributed by atoms with Crippen molar-refractivity contribution in [2.75, 3.05) is 61.5 Å². The van der Waals surface area contributed by atoms with Crippen LogP contribution in [0, 0.1) is 0 Å². The summed E-state index contributed by atoms with van der Waals surface area (Å²) in [5.74, 6) is 0.752. The Kier molecular flexibility index (Phi) is 6.76. The molecule has 0 aliphatic carbocycles. The molecule has 0 saturated carbocycles. The van der Waals surface area contributed by atoms with Gasteiger partial charge in [0.25, 0.3) is 0 Å². The molecule has 43 heavy (non-hydrogen) atoms. The number of pyridine rings is 1. The molecule has 2 aromatic carbocycles. The molecule has 7 rings (SSSR count). The van der Waals surface area contributed by atoms with Crippen molar-refractivity contribution in [2.45, 2.75) is 12.8 Å². The minimum absolute atomic E-state index is 0.0515. The molecule has 8 nitrogen and oxygen atoms in total. The summed E-state index contributed by atoms with van der Waals surface area (Å²) in [7, 11) is 1.68. The molecule has 5 heterocycles. The highest BCUT2D eigenvalue weighted by Crippen LogP contribution is 2.39. The number of para-hydroxylation sites is 3. The monoisotopic (exact) mass is 593 g/mol. The highest BCUT2D eigenvalue weighted by Gasteiger charge is 2.68. The smallest absolute Gasteiger partial charge is 0.495 e. The summed E-state index contributed by atoms with van der Waals surface area (Å²) in [6, 6.07) is 19.1. The Morgan fingerprint density at radius 1 is 0.860 bits per heavy atom. The third-order valence-electron chi connectivity index (χ3n) is 8.77. The molecule has 224 valence electrons. The topological polar surface area (TPSA) is 41.1 Å². The number of halogens is 4. The minimum atomic E-state index is -4.58. The second kappa shape index (κ2) is 10.5. The van der Waals surface area contributed by atoms with Crippen molar-refractivity contribution in [1.82, 2.24) is 14.3 Å². The van der Waals surface area contributed by atoms with E-state index in [0.717, 1.165) is 72.2 Å². The van der Waals surface area contributed by atoms with E-state index in [9.17, 15) is 0 Å². The van der Waals surface area contributed by atoms with Gasteiger partial charge in [0.1, 0.15) is 5.75 Å². The zero-order valence-corrected chi connectivity index (χ0v) is 23.9. The zero-order valence-electron chi connectivity index (χ0n) is 23.9. The molecule has 0 amide bonds. The van der Waals surface area contributed by atoms with Gasteiger partial charge in [-0.15, -0.1) is 0 Å². The van der Waals surface area contributed by atoms with Gasteiger partial charge < -0.3 is 46.1 Å². The van der Waals surface area contributed by atoms with Crippen LogP contribution in [0.15, 0.2) is 78.6 Å². The molecule has 0 atom stereocenters. The van der Waals surface area contributed by atoms with E-state index in [4.69, 9.17) is 4.74 Å². The maximum atomic E-state index is 16.1. The second-order valence-electron chi connectivity index (χ2n) is 11.3. The maximum absolute atomic E-state index is 16.1. The number of hydrazine groups is 1. The number of allylic oxidation sites excluding steroid dienone is 1. The Bertz CT molecular complexity index is 1710. The van der Waals surface area contributed by atoms with Gasteiger partial charge in [-0.05, 0) is 43.7 Å². The Balaban J connectivity index is 1.00. The molecule has 1 fully saturated rings. The fourth-order valence-corrected chi connectivity index (χ4v) is 6.69. The molecule has 4 aliphatic heterocycles. The number of hydrogen-bond acceptors (Lipinski definition) is 6. The summed E-state index contributed by atoms with van der Waals surface area (Å²) in [6.45, 7) is -4.11. The first kappa shape index (κ1) is 27.6. The quantitative estimate of drug-likeness (QED) is 0.246. The average Bonchev–Trinajstić information content (AvgIpc) is 3.51. The van der Waals surface area contributed by atoms with Crippen LogP contribution < -0.4 is 39.4 Å². The van der Waals surface area contributed by atoms with E-state index >= 15 is 17.3 Å². The number of unbranched alkanes of at least 4 members (excludes halogenated alkanes) is 1. The first-order valence-electron chi connectivity index (χ1n) is 14.8. The standard InChI is InChI=1S/C29H33B2F4N7O/c1-43-27-12-5-4-11-26(27)38-19-17-37(18-20-38)16-7-6-15-36-28-13-8-14-29-41(28)30(32,33)39-22-24-21-23-9-2-3-10-25(23)40(24)31(34,35)42(29)39/h2-5,8-14,21-22,36H,6-7,15-20H2,1H3. The number of anilines is 3. The number of methoxy groups -OCH3 is 1. The second-order valence-corrected chi connectivity index (χ2v) is 11.3. The molecule has 0 bridgehead atoms. The van der Waals surface area contributed by atoms with E-state index in [-0.39, 0.29) is 17.3 Å². The molecule has 0 radical (unpaired) electrons. The van der Waals surface area contributed by atoms with Gasteiger partial charge in [-0.3, -0.25) is 9.82 Å². The van der Waals surface area contributed by atoms with Crippen LogP contribution >= 0.6 is 0 Å². The van der Waals surface area contributed by atoms with Crippen molar-refractivity contribution in [2.24, 2.45) is 0 Å². The third kappa shape index (κ3) is 4.50. The molecule has 0 spiro atoms. The van der Waals surface area contributed by atoms with Gasteiger partial charge in [0.15, 0.2) is 22.7 Å². The highest BCUT2D eigenvalue weighted by molar-refractivity contribution is 6.72. The first-order valence-corrected chi connectivity index (χ1v) is 14.8. The third-order valence-corrected chi connectivity index (χ3v) is 8.77. The van der Waals surface area contributed by atoms with Crippen LogP contribution in [-0.4, -0.2) is 70.1 Å². The van der Waals surface area contributed by atoms with Crippen LogP contribution in [0.4, 0.5) is 34.6 Å². The summed E-state index contributed by atoms with van der Waals surface area (Å²) in [6.07, 6.45) is 4.30. The van der Waals surface area contributed by atoms with Gasteiger partial charge in [0.2, 0.25) is 0 Å². The number of hydrogen-bond donors (Lipinski definition) is 1. The number of ether oxygens (including phenoxy) is 1. The SMILES string of the molecule is COc1ccccc1N1CCN(CCCCNc2cccc3[n+]2[B-](F)(F)N2C=C4C=c5ccccc5=[N+]4[B-](F)(F)N32)CC1. The van der Waals surface area contributed by atoms with Gasteiger partial charge in [0, 0.05) is 55.7 Å². The average molecular weight is 593 g/mol. The number of nitrogens with one attached hydrogen (secondary N) is 1. The minimum Gasteiger partial charge on any atom is -0.495 e. The number of piperazine rings is 1. The Morgan fingerprint density at radius 3 is 2.44 bits per heavy atom. The molecular weight excluding hydrogens is 560 g/mol.